The minimum absolute atomic E-state index is 0.0556. The van der Waals surface area contributed by atoms with Crippen molar-refractivity contribution >= 4 is 31.4 Å². The average molecular weight is 600 g/mol. The number of alkyl halides is 2. The van der Waals surface area contributed by atoms with E-state index in [0.29, 0.717) is 4.57 Å². The molecule has 0 saturated carbocycles. The predicted molar refractivity (Wildman–Crippen MR) is 135 cm³/mol. The van der Waals surface area contributed by atoms with Crippen molar-refractivity contribution in [3.63, 3.8) is 0 Å². The number of aromatic nitrogens is 2. The maximum atomic E-state index is 15.6. The number of hydrogen-bond donors (Lipinski definition) is 2. The van der Waals surface area contributed by atoms with Gasteiger partial charge >= 0.3 is 31.3 Å². The summed E-state index contributed by atoms with van der Waals surface area (Å²) in [5.41, 5.74) is -1.19. The summed E-state index contributed by atoms with van der Waals surface area (Å²) >= 11 is 0. The first-order valence-corrected chi connectivity index (χ1v) is 14.0. The van der Waals surface area contributed by atoms with Gasteiger partial charge in [0.25, 0.3) is 0 Å². The van der Waals surface area contributed by atoms with Crippen molar-refractivity contribution in [3.05, 3.63) is 53.1 Å². The fourth-order valence-corrected chi connectivity index (χ4v) is 5.54. The molecule has 0 spiro atoms. The number of hydrogen-bond acceptors (Lipinski definition) is 11. The Morgan fingerprint density at radius 2 is 1.95 bits per heavy atom. The summed E-state index contributed by atoms with van der Waals surface area (Å²) in [6, 6.07) is 7.78. The molecule has 1 aromatic heterocycles. The number of nitrogens with zero attached hydrogens (tertiary/aromatic N) is 2. The van der Waals surface area contributed by atoms with E-state index < -0.39 is 68.3 Å². The molecule has 0 radical (unpaired) electrons. The lowest BCUT2D eigenvalue weighted by molar-refractivity contribution is -0.176. The van der Waals surface area contributed by atoms with E-state index in [1.807, 2.05) is 0 Å². The maximum Gasteiger partial charge on any atom is 0.459 e. The zero-order valence-electron chi connectivity index (χ0n) is 21.9. The Labute approximate surface area is 231 Å². The third kappa shape index (κ3) is 7.14. The summed E-state index contributed by atoms with van der Waals surface area (Å²) in [4.78, 5) is 51.4. The third-order valence-corrected chi connectivity index (χ3v) is 7.48. The van der Waals surface area contributed by atoms with Crippen LogP contribution in [-0.4, -0.2) is 64.8 Å². The fourth-order valence-electron chi connectivity index (χ4n) is 4.00. The molecule has 4 rings (SSSR count). The number of carbonyl (C=O) groups is 3. The zero-order chi connectivity index (χ0) is 29.8. The molecule has 2 fully saturated rings. The topological polar surface area (TPSA) is 173 Å². The van der Waals surface area contributed by atoms with Gasteiger partial charge in [-0.1, -0.05) is 25.1 Å². The van der Waals surface area contributed by atoms with Gasteiger partial charge in [0, 0.05) is 26.0 Å². The first-order chi connectivity index (χ1) is 19.4. The molecule has 41 heavy (non-hydrogen) atoms. The van der Waals surface area contributed by atoms with Crippen LogP contribution in [0.1, 0.15) is 32.9 Å². The predicted octanol–water partition coefficient (Wildman–Crippen LogP) is 2.16. The van der Waals surface area contributed by atoms with Crippen LogP contribution < -0.4 is 20.6 Å². The summed E-state index contributed by atoms with van der Waals surface area (Å²) < 4.78 is 71.7. The number of amides is 1. The minimum atomic E-state index is -4.45. The lowest BCUT2D eigenvalue weighted by Crippen LogP contribution is -2.44. The molecule has 2 aliphatic rings. The largest absolute Gasteiger partial charge is 0.464 e. The second-order valence-corrected chi connectivity index (χ2v) is 10.7. The van der Waals surface area contributed by atoms with Gasteiger partial charge in [-0.3, -0.25) is 23.5 Å². The maximum absolute atomic E-state index is 15.6. The Morgan fingerprint density at radius 1 is 1.22 bits per heavy atom. The number of rotatable bonds is 11. The molecular formula is C24H27F2N4O10P. The fraction of sp³-hybridized carbons (Fsp3) is 0.458. The van der Waals surface area contributed by atoms with Crippen LogP contribution in [0.5, 0.6) is 5.75 Å². The van der Waals surface area contributed by atoms with Crippen LogP contribution in [0.25, 0.3) is 0 Å². The molecule has 1 amide bonds. The Hall–Kier alpha value is -3.72. The van der Waals surface area contributed by atoms with Gasteiger partial charge in [0.15, 0.2) is 6.10 Å². The minimum Gasteiger partial charge on any atom is -0.464 e. The lowest BCUT2D eigenvalue weighted by Gasteiger charge is -2.25. The number of ether oxygens (including phenoxy) is 3. The monoisotopic (exact) mass is 600 g/mol. The Balaban J connectivity index is 1.60. The molecule has 2 N–H and O–H groups in total. The number of nitrogens with one attached hydrogen (secondary N) is 2. The summed E-state index contributed by atoms with van der Waals surface area (Å²) in [7, 11) is -4.45. The molecule has 0 aliphatic carbocycles. The molecule has 2 aliphatic heterocycles. The highest BCUT2D eigenvalue weighted by Gasteiger charge is 2.63. The van der Waals surface area contributed by atoms with Crippen molar-refractivity contribution in [2.75, 3.05) is 18.5 Å². The Bertz CT molecular complexity index is 1390. The van der Waals surface area contributed by atoms with Crippen molar-refractivity contribution in [1.82, 2.24) is 14.6 Å². The number of esters is 2. The van der Waals surface area contributed by atoms with Gasteiger partial charge in [0.05, 0.1) is 13.2 Å². The SMILES string of the molecule is CCC(=O)O[C@@H]1[C@@H](CO[P@@](=O)(N[C@H]2CCOC2=O)Oc2ccccc2)O[C@@H](n2ccc(NC(C)=O)nc2=O)C1(F)F. The van der Waals surface area contributed by atoms with Crippen molar-refractivity contribution in [3.8, 4) is 5.75 Å². The molecule has 2 aromatic rings. The quantitative estimate of drug-likeness (QED) is 0.285. The number of benzene rings is 1. The molecule has 17 heteroatoms. The third-order valence-electron chi connectivity index (χ3n) is 5.91. The van der Waals surface area contributed by atoms with E-state index in [-0.39, 0.29) is 31.0 Å². The van der Waals surface area contributed by atoms with Crippen molar-refractivity contribution in [1.29, 1.82) is 0 Å². The van der Waals surface area contributed by atoms with E-state index in [4.69, 9.17) is 23.3 Å². The highest BCUT2D eigenvalue weighted by atomic mass is 31.2. The van der Waals surface area contributed by atoms with Crippen molar-refractivity contribution in [2.45, 2.75) is 57.1 Å². The van der Waals surface area contributed by atoms with Crippen LogP contribution in [0.15, 0.2) is 47.4 Å². The van der Waals surface area contributed by atoms with Crippen LogP contribution in [0.4, 0.5) is 14.6 Å². The molecular weight excluding hydrogens is 573 g/mol. The summed E-state index contributed by atoms with van der Waals surface area (Å²) in [5, 5.41) is 4.72. The van der Waals surface area contributed by atoms with Crippen molar-refractivity contribution in [2.24, 2.45) is 0 Å². The standard InChI is InChI=1S/C24H27F2N4O10P/c1-3-19(32)39-20-17(38-22(24(20,25)26)30-11-9-18(27-14(2)31)28-23(30)34)13-37-41(35,29-16-10-12-36-21(16)33)40-15-7-5-4-6-8-15/h4-9,11,16-17,20,22H,3,10,12-13H2,1-2H3,(H,29,35)(H,27,28,31,34)/t16-,17+,20+,22+,41-/m0/s1. The molecule has 3 heterocycles. The van der Waals surface area contributed by atoms with Gasteiger partial charge in [-0.05, 0) is 18.2 Å². The van der Waals surface area contributed by atoms with Gasteiger partial charge < -0.3 is 24.1 Å². The molecule has 2 saturated heterocycles. The highest BCUT2D eigenvalue weighted by Crippen LogP contribution is 2.49. The van der Waals surface area contributed by atoms with Gasteiger partial charge in [-0.2, -0.15) is 18.9 Å². The number of para-hydroxylation sites is 1. The summed E-state index contributed by atoms with van der Waals surface area (Å²) in [5.74, 6) is -6.33. The van der Waals surface area contributed by atoms with Gasteiger partial charge in [-0.15, -0.1) is 0 Å². The smallest absolute Gasteiger partial charge is 0.459 e. The first kappa shape index (κ1) is 30.2. The zero-order valence-corrected chi connectivity index (χ0v) is 22.8. The summed E-state index contributed by atoms with van der Waals surface area (Å²) in [6.07, 6.45) is -5.52. The van der Waals surface area contributed by atoms with Crippen LogP contribution in [-0.2, 0) is 37.7 Å². The molecule has 1 aromatic carbocycles. The Kier molecular flexibility index (Phi) is 9.17. The first-order valence-electron chi connectivity index (χ1n) is 12.4. The average Bonchev–Trinajstić information content (AvgIpc) is 3.42. The van der Waals surface area contributed by atoms with Crippen molar-refractivity contribution < 1.29 is 51.0 Å². The van der Waals surface area contributed by atoms with E-state index in [1.165, 1.54) is 26.0 Å². The molecule has 222 valence electrons. The van der Waals surface area contributed by atoms with Crippen LogP contribution in [0, 0.1) is 0 Å². The van der Waals surface area contributed by atoms with Crippen LogP contribution in [0.2, 0.25) is 0 Å². The number of anilines is 1. The second kappa shape index (κ2) is 12.4. The highest BCUT2D eigenvalue weighted by molar-refractivity contribution is 7.52. The van der Waals surface area contributed by atoms with E-state index >= 15 is 8.78 Å². The van der Waals surface area contributed by atoms with Crippen LogP contribution in [0.3, 0.4) is 0 Å². The van der Waals surface area contributed by atoms with Gasteiger partial charge in [0.1, 0.15) is 23.7 Å². The van der Waals surface area contributed by atoms with E-state index in [1.54, 1.807) is 18.2 Å². The number of carbonyl (C=O) groups excluding carboxylic acids is 3. The molecule has 0 bridgehead atoms. The normalized spacial score (nSPS) is 24.7. The summed E-state index contributed by atoms with van der Waals surface area (Å²) in [6.45, 7) is 1.74. The van der Waals surface area contributed by atoms with Gasteiger partial charge in [-0.25, -0.2) is 9.36 Å². The molecule has 5 atom stereocenters. The second-order valence-electron chi connectivity index (χ2n) is 8.98. The van der Waals surface area contributed by atoms with Crippen LogP contribution >= 0.6 is 7.75 Å². The Morgan fingerprint density at radius 3 is 2.56 bits per heavy atom. The number of cyclic esters (lactones) is 1. The lowest BCUT2D eigenvalue weighted by atomic mass is 10.1. The molecule has 14 nitrogen and oxygen atoms in total. The number of halogens is 2. The molecule has 0 unspecified atom stereocenters. The van der Waals surface area contributed by atoms with E-state index in [0.717, 1.165) is 12.3 Å². The van der Waals surface area contributed by atoms with E-state index in [9.17, 15) is 23.7 Å². The van der Waals surface area contributed by atoms with E-state index in [2.05, 4.69) is 15.4 Å². The van der Waals surface area contributed by atoms with Gasteiger partial charge in [0.2, 0.25) is 12.1 Å².